The van der Waals surface area contributed by atoms with Crippen LogP contribution in [0.4, 0.5) is 0 Å². The highest BCUT2D eigenvalue weighted by Crippen LogP contribution is 2.22. The summed E-state index contributed by atoms with van der Waals surface area (Å²) in [4.78, 5) is 10.8. The first kappa shape index (κ1) is 12.3. The van der Waals surface area contributed by atoms with E-state index in [9.17, 15) is 4.79 Å². The second kappa shape index (κ2) is 5.83. The van der Waals surface area contributed by atoms with Gasteiger partial charge in [-0.1, -0.05) is 0 Å². The molecule has 0 aliphatic heterocycles. The molecule has 0 amide bonds. The van der Waals surface area contributed by atoms with E-state index >= 15 is 0 Å². The smallest absolute Gasteiger partial charge is 0.305 e. The molecule has 0 aromatic rings. The standard InChI is InChI=1S/C7H14Cl2O2Si/c1-3-11-7(10)5-4-6-12(2,8)9/h3-6H2,1-2H3. The molecule has 0 unspecified atom stereocenters. The molecule has 0 atom stereocenters. The van der Waals surface area contributed by atoms with Crippen molar-refractivity contribution >= 4 is 34.8 Å². The van der Waals surface area contributed by atoms with Crippen molar-refractivity contribution in [2.45, 2.75) is 32.4 Å². The molecule has 0 saturated carbocycles. The van der Waals surface area contributed by atoms with Crippen molar-refractivity contribution in [1.29, 1.82) is 0 Å². The fraction of sp³-hybridized carbons (Fsp3) is 0.857. The molecule has 0 aliphatic carbocycles. The summed E-state index contributed by atoms with van der Waals surface area (Å²) >= 11 is 11.7. The molecule has 0 heterocycles. The number of esters is 1. The Kier molecular flexibility index (Phi) is 5.96. The third kappa shape index (κ3) is 8.36. The van der Waals surface area contributed by atoms with Gasteiger partial charge in [-0.25, -0.2) is 0 Å². The van der Waals surface area contributed by atoms with Gasteiger partial charge in [0.2, 0.25) is 6.69 Å². The third-order valence-electron chi connectivity index (χ3n) is 1.30. The minimum Gasteiger partial charge on any atom is -0.466 e. The topological polar surface area (TPSA) is 26.3 Å². The first-order valence-electron chi connectivity index (χ1n) is 3.99. The Bertz CT molecular complexity index is 145. The summed E-state index contributed by atoms with van der Waals surface area (Å²) in [6.07, 6.45) is 1.16. The van der Waals surface area contributed by atoms with Crippen molar-refractivity contribution in [3.63, 3.8) is 0 Å². The molecule has 0 aliphatic rings. The lowest BCUT2D eigenvalue weighted by Crippen LogP contribution is -2.13. The van der Waals surface area contributed by atoms with Gasteiger partial charge in [0.05, 0.1) is 6.61 Å². The molecule has 0 N–H and O–H groups in total. The van der Waals surface area contributed by atoms with Gasteiger partial charge < -0.3 is 4.74 Å². The van der Waals surface area contributed by atoms with Gasteiger partial charge in [-0.05, 0) is 25.9 Å². The van der Waals surface area contributed by atoms with E-state index in [1.54, 1.807) is 6.92 Å². The predicted octanol–water partition coefficient (Wildman–Crippen LogP) is 2.88. The number of hydrogen-bond acceptors (Lipinski definition) is 2. The van der Waals surface area contributed by atoms with Crippen molar-refractivity contribution in [1.82, 2.24) is 0 Å². The Hall–Kier alpha value is 0.267. The summed E-state index contributed by atoms with van der Waals surface area (Å²) in [6.45, 7) is 2.07. The van der Waals surface area contributed by atoms with Crippen LogP contribution in [0.3, 0.4) is 0 Å². The summed E-state index contributed by atoms with van der Waals surface area (Å²) in [6, 6.07) is 0.745. The number of carbonyl (C=O) groups excluding carboxylic acids is 1. The molecule has 0 spiro atoms. The van der Waals surface area contributed by atoms with Crippen molar-refractivity contribution in [2.24, 2.45) is 0 Å². The maximum Gasteiger partial charge on any atom is 0.305 e. The van der Waals surface area contributed by atoms with E-state index in [0.29, 0.717) is 13.0 Å². The van der Waals surface area contributed by atoms with Gasteiger partial charge in [0, 0.05) is 6.42 Å². The van der Waals surface area contributed by atoms with E-state index < -0.39 is 6.69 Å². The number of ether oxygens (including phenoxy) is 1. The number of rotatable bonds is 5. The average Bonchev–Trinajstić information content (AvgIpc) is 1.84. The summed E-state index contributed by atoms with van der Waals surface area (Å²) in [7, 11) is 0. The lowest BCUT2D eigenvalue weighted by molar-refractivity contribution is -0.143. The van der Waals surface area contributed by atoms with Crippen molar-refractivity contribution in [2.75, 3.05) is 6.61 Å². The molecule has 2 nitrogen and oxygen atoms in total. The zero-order valence-electron chi connectivity index (χ0n) is 7.40. The van der Waals surface area contributed by atoms with Crippen molar-refractivity contribution in [3.8, 4) is 0 Å². The zero-order valence-corrected chi connectivity index (χ0v) is 9.91. The van der Waals surface area contributed by atoms with Gasteiger partial charge in [-0.3, -0.25) is 4.79 Å². The van der Waals surface area contributed by atoms with Gasteiger partial charge in [0.15, 0.2) is 0 Å². The van der Waals surface area contributed by atoms with Gasteiger partial charge in [0.1, 0.15) is 0 Å². The molecular formula is C7H14Cl2O2Si. The predicted molar refractivity (Wildman–Crippen MR) is 54.0 cm³/mol. The van der Waals surface area contributed by atoms with Crippen LogP contribution in [-0.2, 0) is 9.53 Å². The van der Waals surface area contributed by atoms with Crippen molar-refractivity contribution in [3.05, 3.63) is 0 Å². The van der Waals surface area contributed by atoms with E-state index in [1.807, 2.05) is 6.55 Å². The number of hydrogen-bond donors (Lipinski definition) is 0. The van der Waals surface area contributed by atoms with Crippen LogP contribution in [0.1, 0.15) is 19.8 Å². The average molecular weight is 229 g/mol. The molecule has 0 aromatic heterocycles. The van der Waals surface area contributed by atoms with Crippen LogP contribution in [0.2, 0.25) is 12.6 Å². The van der Waals surface area contributed by atoms with Crippen LogP contribution in [0.25, 0.3) is 0 Å². The molecule has 0 saturated heterocycles. The molecule has 12 heavy (non-hydrogen) atoms. The first-order chi connectivity index (χ1) is 5.45. The summed E-state index contributed by atoms with van der Waals surface area (Å²) in [5.41, 5.74) is 0. The van der Waals surface area contributed by atoms with E-state index in [2.05, 4.69) is 0 Å². The maximum absolute atomic E-state index is 10.8. The highest BCUT2D eigenvalue weighted by Gasteiger charge is 2.20. The highest BCUT2D eigenvalue weighted by molar-refractivity contribution is 7.44. The van der Waals surface area contributed by atoms with Gasteiger partial charge in [-0.15, -0.1) is 22.2 Å². The van der Waals surface area contributed by atoms with Crippen LogP contribution in [0, 0.1) is 0 Å². The summed E-state index contributed by atoms with van der Waals surface area (Å²) < 4.78 is 4.75. The van der Waals surface area contributed by atoms with Crippen LogP contribution < -0.4 is 0 Å². The minimum atomic E-state index is -2.01. The van der Waals surface area contributed by atoms with Gasteiger partial charge >= 0.3 is 5.97 Å². The fourth-order valence-electron chi connectivity index (χ4n) is 0.776. The Morgan fingerprint density at radius 2 is 2.08 bits per heavy atom. The van der Waals surface area contributed by atoms with E-state index in [-0.39, 0.29) is 5.97 Å². The molecule has 0 radical (unpaired) electrons. The molecule has 0 aromatic carbocycles. The maximum atomic E-state index is 10.8. The minimum absolute atomic E-state index is 0.163. The summed E-state index contributed by atoms with van der Waals surface area (Å²) in [5.74, 6) is -0.163. The summed E-state index contributed by atoms with van der Waals surface area (Å²) in [5, 5.41) is 0. The van der Waals surface area contributed by atoms with Crippen LogP contribution in [-0.4, -0.2) is 19.3 Å². The number of halogens is 2. The van der Waals surface area contributed by atoms with Gasteiger partial charge in [-0.2, -0.15) is 0 Å². The number of carbonyl (C=O) groups is 1. The fourth-order valence-corrected chi connectivity index (χ4v) is 2.38. The normalized spacial score (nSPS) is 11.3. The zero-order chi connectivity index (χ0) is 9.61. The lowest BCUT2D eigenvalue weighted by Gasteiger charge is -2.08. The van der Waals surface area contributed by atoms with Crippen molar-refractivity contribution < 1.29 is 9.53 Å². The second-order valence-corrected chi connectivity index (χ2v) is 11.0. The molecule has 72 valence electrons. The van der Waals surface area contributed by atoms with E-state index in [0.717, 1.165) is 12.5 Å². The Morgan fingerprint density at radius 3 is 2.50 bits per heavy atom. The Morgan fingerprint density at radius 1 is 1.50 bits per heavy atom. The molecule has 5 heteroatoms. The molecule has 0 bridgehead atoms. The molecule has 0 rings (SSSR count). The lowest BCUT2D eigenvalue weighted by atomic mass is 10.3. The molecular weight excluding hydrogens is 215 g/mol. The van der Waals surface area contributed by atoms with E-state index in [1.165, 1.54) is 0 Å². The van der Waals surface area contributed by atoms with Crippen LogP contribution >= 0.6 is 22.2 Å². The quantitative estimate of drug-likeness (QED) is 0.411. The molecule has 0 fully saturated rings. The largest absolute Gasteiger partial charge is 0.466 e. The van der Waals surface area contributed by atoms with Crippen LogP contribution in [0.5, 0.6) is 0 Å². The highest BCUT2D eigenvalue weighted by atomic mass is 35.7. The Labute approximate surface area is 83.6 Å². The monoisotopic (exact) mass is 228 g/mol. The van der Waals surface area contributed by atoms with Gasteiger partial charge in [0.25, 0.3) is 0 Å². The van der Waals surface area contributed by atoms with E-state index in [4.69, 9.17) is 26.9 Å². The third-order valence-corrected chi connectivity index (χ3v) is 3.67. The second-order valence-electron chi connectivity index (χ2n) is 2.73. The van der Waals surface area contributed by atoms with Crippen LogP contribution in [0.15, 0.2) is 0 Å². The first-order valence-corrected chi connectivity index (χ1v) is 8.72. The SMILES string of the molecule is CCOC(=O)CCC[Si](C)(Cl)Cl. The Balaban J connectivity index is 3.37.